The highest BCUT2D eigenvalue weighted by molar-refractivity contribution is 4.75. The molecule has 15 heavy (non-hydrogen) atoms. The Bertz CT molecular complexity index is 159. The van der Waals surface area contributed by atoms with Crippen molar-refractivity contribution >= 4 is 0 Å². The van der Waals surface area contributed by atoms with Crippen molar-refractivity contribution < 1.29 is 9.84 Å². The molecular formula is C11H24N2O2. The van der Waals surface area contributed by atoms with Crippen LogP contribution >= 0.6 is 0 Å². The first-order valence-corrected chi connectivity index (χ1v) is 5.82. The Morgan fingerprint density at radius 1 is 1.47 bits per heavy atom. The van der Waals surface area contributed by atoms with Crippen LogP contribution in [0.3, 0.4) is 0 Å². The Kier molecular flexibility index (Phi) is 6.17. The van der Waals surface area contributed by atoms with Crippen LogP contribution in [0.1, 0.15) is 19.3 Å². The molecular weight excluding hydrogens is 192 g/mol. The Morgan fingerprint density at radius 3 is 3.00 bits per heavy atom. The van der Waals surface area contributed by atoms with Gasteiger partial charge in [0.1, 0.15) is 0 Å². The molecule has 2 N–H and O–H groups in total. The molecule has 0 aliphatic carbocycles. The summed E-state index contributed by atoms with van der Waals surface area (Å²) in [6.45, 7) is 3.36. The zero-order chi connectivity index (χ0) is 11.1. The van der Waals surface area contributed by atoms with Crippen molar-refractivity contribution in [3.63, 3.8) is 0 Å². The number of methoxy groups -OCH3 is 1. The largest absolute Gasteiger partial charge is 0.389 e. The fraction of sp³-hybridized carbons (Fsp3) is 1.00. The van der Waals surface area contributed by atoms with Gasteiger partial charge in [0.05, 0.1) is 12.7 Å². The van der Waals surface area contributed by atoms with Gasteiger partial charge in [-0.3, -0.25) is 0 Å². The number of aliphatic hydroxyl groups is 1. The van der Waals surface area contributed by atoms with Crippen LogP contribution in [0.25, 0.3) is 0 Å². The quantitative estimate of drug-likeness (QED) is 0.682. The average Bonchev–Trinajstić information content (AvgIpc) is 2.45. The number of aliphatic hydroxyl groups excluding tert-OH is 1. The van der Waals surface area contributed by atoms with E-state index in [1.165, 1.54) is 19.3 Å². The predicted octanol–water partition coefficient (Wildman–Crippen LogP) is 0.0676. The minimum atomic E-state index is -0.365. The van der Waals surface area contributed by atoms with Crippen molar-refractivity contribution in [2.45, 2.75) is 31.4 Å². The van der Waals surface area contributed by atoms with Crippen LogP contribution in [0.5, 0.6) is 0 Å². The second-order valence-electron chi connectivity index (χ2n) is 4.38. The van der Waals surface area contributed by atoms with Crippen LogP contribution in [0.2, 0.25) is 0 Å². The molecule has 0 radical (unpaired) electrons. The SMILES string of the molecule is COCC(O)CN(C)C1CCCNCC1. The van der Waals surface area contributed by atoms with Gasteiger partial charge in [-0.2, -0.15) is 0 Å². The molecule has 4 nitrogen and oxygen atoms in total. The molecule has 0 spiro atoms. The topological polar surface area (TPSA) is 44.7 Å². The molecule has 0 saturated carbocycles. The minimum Gasteiger partial charge on any atom is -0.389 e. The lowest BCUT2D eigenvalue weighted by molar-refractivity contribution is 0.0329. The minimum absolute atomic E-state index is 0.365. The Hall–Kier alpha value is -0.160. The maximum Gasteiger partial charge on any atom is 0.0900 e. The maximum absolute atomic E-state index is 9.64. The zero-order valence-electron chi connectivity index (χ0n) is 9.91. The molecule has 2 unspecified atom stereocenters. The first-order chi connectivity index (χ1) is 7.24. The van der Waals surface area contributed by atoms with Crippen molar-refractivity contribution in [2.24, 2.45) is 0 Å². The van der Waals surface area contributed by atoms with E-state index in [9.17, 15) is 5.11 Å². The maximum atomic E-state index is 9.64. The van der Waals surface area contributed by atoms with Crippen LogP contribution in [0.4, 0.5) is 0 Å². The summed E-state index contributed by atoms with van der Waals surface area (Å²) in [5.74, 6) is 0. The third-order valence-electron chi connectivity index (χ3n) is 3.03. The molecule has 1 heterocycles. The second-order valence-corrected chi connectivity index (χ2v) is 4.38. The first kappa shape index (κ1) is 12.9. The highest BCUT2D eigenvalue weighted by atomic mass is 16.5. The fourth-order valence-electron chi connectivity index (χ4n) is 2.17. The van der Waals surface area contributed by atoms with Crippen LogP contribution in [-0.2, 0) is 4.74 Å². The molecule has 1 fully saturated rings. The summed E-state index contributed by atoms with van der Waals surface area (Å²) in [7, 11) is 3.72. The summed E-state index contributed by atoms with van der Waals surface area (Å²) in [6.07, 6.45) is 3.27. The third-order valence-corrected chi connectivity index (χ3v) is 3.03. The molecule has 2 atom stereocenters. The van der Waals surface area contributed by atoms with Crippen molar-refractivity contribution in [1.29, 1.82) is 0 Å². The van der Waals surface area contributed by atoms with Crippen LogP contribution in [0, 0.1) is 0 Å². The summed E-state index contributed by atoms with van der Waals surface area (Å²) >= 11 is 0. The van der Waals surface area contributed by atoms with E-state index in [0.29, 0.717) is 19.2 Å². The Labute approximate surface area is 92.6 Å². The van der Waals surface area contributed by atoms with Crippen molar-refractivity contribution in [3.05, 3.63) is 0 Å². The number of likely N-dealkylation sites (N-methyl/N-ethyl adjacent to an activating group) is 1. The first-order valence-electron chi connectivity index (χ1n) is 5.82. The van der Waals surface area contributed by atoms with Gasteiger partial charge in [-0.05, 0) is 39.4 Å². The van der Waals surface area contributed by atoms with E-state index < -0.39 is 0 Å². The number of nitrogens with one attached hydrogen (secondary N) is 1. The molecule has 1 rings (SSSR count). The van der Waals surface area contributed by atoms with Gasteiger partial charge in [-0.15, -0.1) is 0 Å². The average molecular weight is 216 g/mol. The monoisotopic (exact) mass is 216 g/mol. The van der Waals surface area contributed by atoms with Gasteiger partial charge in [-0.1, -0.05) is 0 Å². The lowest BCUT2D eigenvalue weighted by Gasteiger charge is -2.28. The van der Waals surface area contributed by atoms with Gasteiger partial charge in [0.2, 0.25) is 0 Å². The number of ether oxygens (including phenoxy) is 1. The van der Waals surface area contributed by atoms with Crippen LogP contribution in [-0.4, -0.2) is 62.6 Å². The molecule has 0 aromatic rings. The predicted molar refractivity (Wildman–Crippen MR) is 61.0 cm³/mol. The highest BCUT2D eigenvalue weighted by Crippen LogP contribution is 2.11. The summed E-state index contributed by atoms with van der Waals surface area (Å²) in [5, 5.41) is 13.0. The van der Waals surface area contributed by atoms with Crippen LogP contribution in [0.15, 0.2) is 0 Å². The van der Waals surface area contributed by atoms with E-state index >= 15 is 0 Å². The molecule has 90 valence electrons. The fourth-order valence-corrected chi connectivity index (χ4v) is 2.17. The molecule has 1 aliphatic rings. The molecule has 0 amide bonds. The standard InChI is InChI=1S/C11H24N2O2/c1-13(8-11(14)9-15-2)10-4-3-6-12-7-5-10/h10-12,14H,3-9H2,1-2H3. The van der Waals surface area contributed by atoms with E-state index in [0.717, 1.165) is 13.1 Å². The van der Waals surface area contributed by atoms with Crippen LogP contribution < -0.4 is 5.32 Å². The number of hydrogen-bond donors (Lipinski definition) is 2. The second kappa shape index (κ2) is 7.17. The van der Waals surface area contributed by atoms with Crippen molar-refractivity contribution in [1.82, 2.24) is 10.2 Å². The number of hydrogen-bond acceptors (Lipinski definition) is 4. The van der Waals surface area contributed by atoms with Gasteiger partial charge in [0.15, 0.2) is 0 Å². The molecule has 4 heteroatoms. The summed E-state index contributed by atoms with van der Waals surface area (Å²) in [6, 6.07) is 0.603. The summed E-state index contributed by atoms with van der Waals surface area (Å²) in [4.78, 5) is 2.26. The zero-order valence-corrected chi connectivity index (χ0v) is 9.91. The van der Waals surface area contributed by atoms with E-state index in [-0.39, 0.29) is 6.10 Å². The van der Waals surface area contributed by atoms with E-state index in [1.807, 2.05) is 0 Å². The Morgan fingerprint density at radius 2 is 2.27 bits per heavy atom. The molecule has 0 aromatic heterocycles. The van der Waals surface area contributed by atoms with E-state index in [4.69, 9.17) is 4.74 Å². The van der Waals surface area contributed by atoms with Crippen molar-refractivity contribution in [3.8, 4) is 0 Å². The van der Waals surface area contributed by atoms with Gasteiger partial charge in [0.25, 0.3) is 0 Å². The molecule has 1 saturated heterocycles. The number of nitrogens with zero attached hydrogens (tertiary/aromatic N) is 1. The molecule has 0 aromatic carbocycles. The van der Waals surface area contributed by atoms with Gasteiger partial charge >= 0.3 is 0 Å². The molecule has 1 aliphatic heterocycles. The molecule has 0 bridgehead atoms. The summed E-state index contributed by atoms with van der Waals surface area (Å²) in [5.41, 5.74) is 0. The highest BCUT2D eigenvalue weighted by Gasteiger charge is 2.18. The summed E-state index contributed by atoms with van der Waals surface area (Å²) < 4.78 is 4.93. The lowest BCUT2D eigenvalue weighted by atomic mass is 10.1. The third kappa shape index (κ3) is 4.93. The van der Waals surface area contributed by atoms with Gasteiger partial charge < -0.3 is 20.1 Å². The van der Waals surface area contributed by atoms with E-state index in [2.05, 4.69) is 17.3 Å². The van der Waals surface area contributed by atoms with Gasteiger partial charge in [-0.25, -0.2) is 0 Å². The number of rotatable bonds is 5. The Balaban J connectivity index is 2.27. The normalized spacial score (nSPS) is 25.2. The van der Waals surface area contributed by atoms with Crippen molar-refractivity contribution in [2.75, 3.05) is 40.4 Å². The lowest BCUT2D eigenvalue weighted by Crippen LogP contribution is -2.39. The van der Waals surface area contributed by atoms with E-state index in [1.54, 1.807) is 7.11 Å². The van der Waals surface area contributed by atoms with Gasteiger partial charge in [0, 0.05) is 19.7 Å². The smallest absolute Gasteiger partial charge is 0.0900 e.